The first-order valence-electron chi connectivity index (χ1n) is 6.13. The van der Waals surface area contributed by atoms with E-state index in [4.69, 9.17) is 5.11 Å². The number of aromatic carboxylic acids is 1. The summed E-state index contributed by atoms with van der Waals surface area (Å²) < 4.78 is 0. The molecule has 4 nitrogen and oxygen atoms in total. The molecule has 0 spiro atoms. The van der Waals surface area contributed by atoms with E-state index in [2.05, 4.69) is 29.4 Å². The van der Waals surface area contributed by atoms with Gasteiger partial charge in [0.05, 0.1) is 11.3 Å². The normalized spacial score (nSPS) is 12.1. The first kappa shape index (κ1) is 13.2. The number of nitrogens with zero attached hydrogens (tertiary/aromatic N) is 1. The standard InChI is InChI=1S/C15H16N2O2/c1-11(12-5-3-2-4-6-12)16-10-14-8-7-13(9-17-14)15(18)19/h2-9,11,16H,10H2,1H3,(H,18,19)/t11-/m0/s1. The lowest BCUT2D eigenvalue weighted by Crippen LogP contribution is -2.18. The topological polar surface area (TPSA) is 62.2 Å². The highest BCUT2D eigenvalue weighted by Crippen LogP contribution is 2.11. The Labute approximate surface area is 112 Å². The van der Waals surface area contributed by atoms with Crippen LogP contribution in [0.1, 0.15) is 34.6 Å². The first-order valence-corrected chi connectivity index (χ1v) is 6.13. The Morgan fingerprint density at radius 3 is 2.58 bits per heavy atom. The molecule has 0 aliphatic heterocycles. The van der Waals surface area contributed by atoms with Crippen molar-refractivity contribution in [1.29, 1.82) is 0 Å². The summed E-state index contributed by atoms with van der Waals surface area (Å²) in [7, 11) is 0. The second-order valence-corrected chi connectivity index (χ2v) is 4.36. The van der Waals surface area contributed by atoms with Crippen molar-refractivity contribution in [2.45, 2.75) is 19.5 Å². The van der Waals surface area contributed by atoms with Crippen molar-refractivity contribution in [3.8, 4) is 0 Å². The van der Waals surface area contributed by atoms with E-state index in [0.29, 0.717) is 6.54 Å². The van der Waals surface area contributed by atoms with E-state index in [1.807, 2.05) is 18.2 Å². The van der Waals surface area contributed by atoms with Crippen molar-refractivity contribution < 1.29 is 9.90 Å². The number of aromatic nitrogens is 1. The molecule has 4 heteroatoms. The fraction of sp³-hybridized carbons (Fsp3) is 0.200. The van der Waals surface area contributed by atoms with E-state index < -0.39 is 5.97 Å². The molecule has 0 aliphatic carbocycles. The molecule has 1 atom stereocenters. The Kier molecular flexibility index (Phi) is 4.26. The minimum absolute atomic E-state index is 0.208. The molecule has 1 aromatic carbocycles. The fourth-order valence-corrected chi connectivity index (χ4v) is 1.77. The Balaban J connectivity index is 1.93. The summed E-state index contributed by atoms with van der Waals surface area (Å²) >= 11 is 0. The number of rotatable bonds is 5. The quantitative estimate of drug-likeness (QED) is 0.863. The van der Waals surface area contributed by atoms with Crippen molar-refractivity contribution in [3.63, 3.8) is 0 Å². The molecular weight excluding hydrogens is 240 g/mol. The Morgan fingerprint density at radius 1 is 1.26 bits per heavy atom. The van der Waals surface area contributed by atoms with E-state index in [1.165, 1.54) is 11.8 Å². The minimum Gasteiger partial charge on any atom is -0.478 e. The van der Waals surface area contributed by atoms with E-state index in [0.717, 1.165) is 5.69 Å². The molecule has 0 saturated carbocycles. The van der Waals surface area contributed by atoms with E-state index >= 15 is 0 Å². The summed E-state index contributed by atoms with van der Waals surface area (Å²) in [6, 6.07) is 13.7. The number of nitrogens with one attached hydrogen (secondary N) is 1. The molecule has 1 aromatic heterocycles. The lowest BCUT2D eigenvalue weighted by atomic mass is 10.1. The summed E-state index contributed by atoms with van der Waals surface area (Å²) in [4.78, 5) is 14.8. The van der Waals surface area contributed by atoms with Crippen LogP contribution in [0.3, 0.4) is 0 Å². The van der Waals surface area contributed by atoms with Gasteiger partial charge in [0.2, 0.25) is 0 Å². The third-order valence-electron chi connectivity index (χ3n) is 2.96. The highest BCUT2D eigenvalue weighted by molar-refractivity contribution is 5.87. The van der Waals surface area contributed by atoms with Gasteiger partial charge in [-0.05, 0) is 24.6 Å². The van der Waals surface area contributed by atoms with E-state index in [1.54, 1.807) is 12.1 Å². The van der Waals surface area contributed by atoms with Crippen LogP contribution < -0.4 is 5.32 Å². The molecule has 0 unspecified atom stereocenters. The maximum atomic E-state index is 10.7. The van der Waals surface area contributed by atoms with Crippen LogP contribution in [0, 0.1) is 0 Å². The van der Waals surface area contributed by atoms with Crippen molar-refractivity contribution >= 4 is 5.97 Å². The summed E-state index contributed by atoms with van der Waals surface area (Å²) in [5.74, 6) is -0.954. The first-order chi connectivity index (χ1) is 9.16. The highest BCUT2D eigenvalue weighted by atomic mass is 16.4. The second-order valence-electron chi connectivity index (χ2n) is 4.36. The summed E-state index contributed by atoms with van der Waals surface area (Å²) in [6.07, 6.45) is 1.38. The lowest BCUT2D eigenvalue weighted by molar-refractivity contribution is 0.0696. The number of hydrogen-bond donors (Lipinski definition) is 2. The number of carbonyl (C=O) groups is 1. The largest absolute Gasteiger partial charge is 0.478 e. The number of hydrogen-bond acceptors (Lipinski definition) is 3. The molecule has 19 heavy (non-hydrogen) atoms. The van der Waals surface area contributed by atoms with Gasteiger partial charge >= 0.3 is 5.97 Å². The van der Waals surface area contributed by atoms with Crippen molar-refractivity contribution in [3.05, 3.63) is 65.5 Å². The van der Waals surface area contributed by atoms with Crippen molar-refractivity contribution in [2.75, 3.05) is 0 Å². The molecule has 2 aromatic rings. The zero-order valence-corrected chi connectivity index (χ0v) is 10.7. The maximum Gasteiger partial charge on any atom is 0.337 e. The zero-order valence-electron chi connectivity index (χ0n) is 10.7. The molecule has 2 rings (SSSR count). The number of carboxylic acid groups (broad SMARTS) is 1. The maximum absolute atomic E-state index is 10.7. The molecule has 0 saturated heterocycles. The van der Waals surface area contributed by atoms with Gasteiger partial charge in [-0.1, -0.05) is 30.3 Å². The van der Waals surface area contributed by atoms with Crippen LogP contribution in [-0.4, -0.2) is 16.1 Å². The number of pyridine rings is 1. The van der Waals surface area contributed by atoms with E-state index in [9.17, 15) is 4.79 Å². The number of benzene rings is 1. The van der Waals surface area contributed by atoms with Gasteiger partial charge in [0, 0.05) is 18.8 Å². The van der Waals surface area contributed by atoms with Crippen LogP contribution in [0.25, 0.3) is 0 Å². The third kappa shape index (κ3) is 3.63. The molecule has 2 N–H and O–H groups in total. The Bertz CT molecular complexity index is 538. The smallest absolute Gasteiger partial charge is 0.337 e. The van der Waals surface area contributed by atoms with Gasteiger partial charge in [0.1, 0.15) is 0 Å². The van der Waals surface area contributed by atoms with Crippen LogP contribution in [0.4, 0.5) is 0 Å². The Hall–Kier alpha value is -2.20. The molecule has 98 valence electrons. The predicted octanol–water partition coefficient (Wildman–Crippen LogP) is 2.63. The SMILES string of the molecule is C[C@H](NCc1ccc(C(=O)O)cn1)c1ccccc1. The van der Waals surface area contributed by atoms with Gasteiger partial charge in [-0.15, -0.1) is 0 Å². The molecular formula is C15H16N2O2. The van der Waals surface area contributed by atoms with Crippen LogP contribution in [0.2, 0.25) is 0 Å². The molecule has 0 radical (unpaired) electrons. The van der Waals surface area contributed by atoms with Gasteiger partial charge < -0.3 is 10.4 Å². The average Bonchev–Trinajstić information content (AvgIpc) is 2.46. The molecule has 0 amide bonds. The van der Waals surface area contributed by atoms with Crippen LogP contribution >= 0.6 is 0 Å². The van der Waals surface area contributed by atoms with Gasteiger partial charge in [-0.25, -0.2) is 4.79 Å². The van der Waals surface area contributed by atoms with Crippen LogP contribution in [0.15, 0.2) is 48.7 Å². The zero-order chi connectivity index (χ0) is 13.7. The van der Waals surface area contributed by atoms with Crippen LogP contribution in [-0.2, 0) is 6.54 Å². The summed E-state index contributed by atoms with van der Waals surface area (Å²) in [5.41, 5.74) is 2.25. The molecule has 0 fully saturated rings. The fourth-order valence-electron chi connectivity index (χ4n) is 1.77. The van der Waals surface area contributed by atoms with Gasteiger partial charge in [-0.2, -0.15) is 0 Å². The van der Waals surface area contributed by atoms with Gasteiger partial charge in [-0.3, -0.25) is 4.98 Å². The summed E-state index contributed by atoms with van der Waals surface area (Å²) in [6.45, 7) is 2.69. The van der Waals surface area contributed by atoms with Crippen molar-refractivity contribution in [2.24, 2.45) is 0 Å². The molecule has 1 heterocycles. The predicted molar refractivity (Wildman–Crippen MR) is 72.9 cm³/mol. The van der Waals surface area contributed by atoms with Crippen LogP contribution in [0.5, 0.6) is 0 Å². The minimum atomic E-state index is -0.954. The highest BCUT2D eigenvalue weighted by Gasteiger charge is 2.06. The monoisotopic (exact) mass is 256 g/mol. The molecule has 0 aliphatic rings. The lowest BCUT2D eigenvalue weighted by Gasteiger charge is -2.13. The van der Waals surface area contributed by atoms with Gasteiger partial charge in [0.15, 0.2) is 0 Å². The third-order valence-corrected chi connectivity index (χ3v) is 2.96. The Morgan fingerprint density at radius 2 is 2.00 bits per heavy atom. The number of carboxylic acids is 1. The van der Waals surface area contributed by atoms with Gasteiger partial charge in [0.25, 0.3) is 0 Å². The second kappa shape index (κ2) is 6.11. The average molecular weight is 256 g/mol. The molecule has 0 bridgehead atoms. The summed E-state index contributed by atoms with van der Waals surface area (Å²) in [5, 5.41) is 12.1. The van der Waals surface area contributed by atoms with E-state index in [-0.39, 0.29) is 11.6 Å². The van der Waals surface area contributed by atoms with Crippen molar-refractivity contribution in [1.82, 2.24) is 10.3 Å².